The van der Waals surface area contributed by atoms with Crippen LogP contribution in [0.25, 0.3) is 11.5 Å². The number of thioether (sulfide) groups is 1. The summed E-state index contributed by atoms with van der Waals surface area (Å²) in [6.45, 7) is 4.91. The standard InChI is InChI=1S/C21H22FN3O2S/c1-14(2)16-5-3-15(4-6-16)11-12-23-19(26)13-28-21-25-24-20(27-21)17-7-9-18(22)10-8-17/h3-10,14H,11-13H2,1-2H3,(H,23,26). The van der Waals surface area contributed by atoms with Crippen molar-refractivity contribution < 1.29 is 13.6 Å². The summed E-state index contributed by atoms with van der Waals surface area (Å²) in [4.78, 5) is 12.0. The maximum absolute atomic E-state index is 13.0. The molecular formula is C21H22FN3O2S. The third-order valence-electron chi connectivity index (χ3n) is 4.21. The van der Waals surface area contributed by atoms with Gasteiger partial charge in [-0.25, -0.2) is 4.39 Å². The number of benzene rings is 2. The van der Waals surface area contributed by atoms with Gasteiger partial charge in [0.1, 0.15) is 5.82 Å². The molecule has 0 aliphatic carbocycles. The molecule has 0 unspecified atom stereocenters. The zero-order chi connectivity index (χ0) is 19.9. The van der Waals surface area contributed by atoms with Crippen LogP contribution in [0.15, 0.2) is 58.2 Å². The van der Waals surface area contributed by atoms with Crippen LogP contribution in [0, 0.1) is 5.82 Å². The zero-order valence-electron chi connectivity index (χ0n) is 15.8. The van der Waals surface area contributed by atoms with Crippen molar-refractivity contribution in [1.82, 2.24) is 15.5 Å². The Morgan fingerprint density at radius 3 is 2.50 bits per heavy atom. The summed E-state index contributed by atoms with van der Waals surface area (Å²) >= 11 is 1.17. The molecule has 1 heterocycles. The predicted molar refractivity (Wildman–Crippen MR) is 108 cm³/mol. The van der Waals surface area contributed by atoms with Crippen molar-refractivity contribution in [2.24, 2.45) is 0 Å². The van der Waals surface area contributed by atoms with Gasteiger partial charge in [-0.3, -0.25) is 4.79 Å². The monoisotopic (exact) mass is 399 g/mol. The first-order valence-corrected chi connectivity index (χ1v) is 10.1. The van der Waals surface area contributed by atoms with E-state index < -0.39 is 0 Å². The van der Waals surface area contributed by atoms with Gasteiger partial charge in [0.15, 0.2) is 0 Å². The van der Waals surface area contributed by atoms with Gasteiger partial charge in [-0.2, -0.15) is 0 Å². The first-order chi connectivity index (χ1) is 13.5. The Bertz CT molecular complexity index is 908. The number of halogens is 1. The molecule has 3 aromatic rings. The van der Waals surface area contributed by atoms with Gasteiger partial charge in [-0.05, 0) is 47.7 Å². The third-order valence-corrected chi connectivity index (χ3v) is 5.03. The van der Waals surface area contributed by atoms with Crippen molar-refractivity contribution in [1.29, 1.82) is 0 Å². The van der Waals surface area contributed by atoms with Crippen LogP contribution in [0.5, 0.6) is 0 Å². The Labute approximate surface area is 167 Å². The number of hydrogen-bond donors (Lipinski definition) is 1. The van der Waals surface area contributed by atoms with Crippen LogP contribution in [-0.4, -0.2) is 28.4 Å². The summed E-state index contributed by atoms with van der Waals surface area (Å²) < 4.78 is 18.5. The number of nitrogens with one attached hydrogen (secondary N) is 1. The lowest BCUT2D eigenvalue weighted by Gasteiger charge is -2.07. The molecule has 5 nitrogen and oxygen atoms in total. The van der Waals surface area contributed by atoms with Gasteiger partial charge >= 0.3 is 0 Å². The molecule has 1 N–H and O–H groups in total. The van der Waals surface area contributed by atoms with Gasteiger partial charge in [-0.1, -0.05) is 49.9 Å². The van der Waals surface area contributed by atoms with Crippen LogP contribution >= 0.6 is 11.8 Å². The van der Waals surface area contributed by atoms with E-state index in [1.165, 1.54) is 35.0 Å². The molecule has 0 fully saturated rings. The second kappa shape index (κ2) is 9.50. The van der Waals surface area contributed by atoms with E-state index in [0.29, 0.717) is 29.1 Å². The van der Waals surface area contributed by atoms with Crippen LogP contribution in [0.1, 0.15) is 30.9 Å². The molecule has 7 heteroatoms. The molecule has 0 bridgehead atoms. The van der Waals surface area contributed by atoms with Crippen LogP contribution in [0.4, 0.5) is 4.39 Å². The fraction of sp³-hybridized carbons (Fsp3) is 0.286. The largest absolute Gasteiger partial charge is 0.411 e. The Morgan fingerprint density at radius 2 is 1.82 bits per heavy atom. The van der Waals surface area contributed by atoms with Crippen molar-refractivity contribution in [2.75, 3.05) is 12.3 Å². The molecule has 0 aliphatic heterocycles. The van der Waals surface area contributed by atoms with E-state index in [9.17, 15) is 9.18 Å². The minimum Gasteiger partial charge on any atom is -0.411 e. The first-order valence-electron chi connectivity index (χ1n) is 9.09. The van der Waals surface area contributed by atoms with E-state index in [1.807, 2.05) is 0 Å². The maximum atomic E-state index is 13.0. The molecule has 3 rings (SSSR count). The lowest BCUT2D eigenvalue weighted by Crippen LogP contribution is -2.27. The highest BCUT2D eigenvalue weighted by molar-refractivity contribution is 7.99. The number of amides is 1. The number of nitrogens with zero attached hydrogens (tertiary/aromatic N) is 2. The highest BCUT2D eigenvalue weighted by Gasteiger charge is 2.11. The Balaban J connectivity index is 1.41. The van der Waals surface area contributed by atoms with Gasteiger partial charge in [0.25, 0.3) is 5.22 Å². The minimum absolute atomic E-state index is 0.0923. The van der Waals surface area contributed by atoms with Gasteiger partial charge in [0, 0.05) is 12.1 Å². The fourth-order valence-electron chi connectivity index (χ4n) is 2.57. The minimum atomic E-state index is -0.328. The molecule has 0 saturated heterocycles. The van der Waals surface area contributed by atoms with Crippen molar-refractivity contribution in [3.05, 3.63) is 65.5 Å². The molecule has 0 radical (unpaired) electrons. The molecule has 1 aromatic heterocycles. The molecule has 0 spiro atoms. The normalized spacial score (nSPS) is 11.0. The second-order valence-electron chi connectivity index (χ2n) is 6.66. The van der Waals surface area contributed by atoms with Crippen molar-refractivity contribution in [3.63, 3.8) is 0 Å². The highest BCUT2D eigenvalue weighted by atomic mass is 32.2. The molecule has 2 aromatic carbocycles. The van der Waals surface area contributed by atoms with E-state index in [2.05, 4.69) is 53.6 Å². The smallest absolute Gasteiger partial charge is 0.277 e. The Hall–Kier alpha value is -2.67. The average molecular weight is 399 g/mol. The fourth-order valence-corrected chi connectivity index (χ4v) is 3.16. The summed E-state index contributed by atoms with van der Waals surface area (Å²) in [7, 11) is 0. The van der Waals surface area contributed by atoms with Crippen LogP contribution in [0.2, 0.25) is 0 Å². The quantitative estimate of drug-likeness (QED) is 0.567. The highest BCUT2D eigenvalue weighted by Crippen LogP contribution is 2.23. The molecular weight excluding hydrogens is 377 g/mol. The maximum Gasteiger partial charge on any atom is 0.277 e. The Kier molecular flexibility index (Phi) is 6.81. The van der Waals surface area contributed by atoms with Crippen molar-refractivity contribution in [3.8, 4) is 11.5 Å². The number of carbonyl (C=O) groups is 1. The summed E-state index contributed by atoms with van der Waals surface area (Å²) in [5.74, 6) is 0.583. The van der Waals surface area contributed by atoms with Crippen LogP contribution in [0.3, 0.4) is 0 Å². The molecule has 1 amide bonds. The average Bonchev–Trinajstić information content (AvgIpc) is 3.16. The molecule has 146 valence electrons. The third kappa shape index (κ3) is 5.66. The summed E-state index contributed by atoms with van der Waals surface area (Å²) in [6.07, 6.45) is 0.782. The first kappa shape index (κ1) is 20.1. The lowest BCUT2D eigenvalue weighted by atomic mass is 10.0. The summed E-state index contributed by atoms with van der Waals surface area (Å²) in [5, 5.41) is 11.0. The molecule has 0 aliphatic rings. The topological polar surface area (TPSA) is 68.0 Å². The van der Waals surface area contributed by atoms with Crippen molar-refractivity contribution >= 4 is 17.7 Å². The second-order valence-corrected chi connectivity index (χ2v) is 7.59. The summed E-state index contributed by atoms with van der Waals surface area (Å²) in [5.41, 5.74) is 3.13. The SMILES string of the molecule is CC(C)c1ccc(CCNC(=O)CSc2nnc(-c3ccc(F)cc3)o2)cc1. The van der Waals surface area contributed by atoms with E-state index in [1.54, 1.807) is 12.1 Å². The van der Waals surface area contributed by atoms with E-state index in [-0.39, 0.29) is 17.5 Å². The van der Waals surface area contributed by atoms with E-state index in [4.69, 9.17) is 4.42 Å². The van der Waals surface area contributed by atoms with Gasteiger partial charge in [0.05, 0.1) is 5.75 Å². The number of hydrogen-bond acceptors (Lipinski definition) is 5. The van der Waals surface area contributed by atoms with E-state index >= 15 is 0 Å². The summed E-state index contributed by atoms with van der Waals surface area (Å²) in [6, 6.07) is 14.3. The van der Waals surface area contributed by atoms with Crippen molar-refractivity contribution in [2.45, 2.75) is 31.4 Å². The van der Waals surface area contributed by atoms with Gasteiger partial charge in [0.2, 0.25) is 11.8 Å². The van der Waals surface area contributed by atoms with Gasteiger partial charge in [-0.15, -0.1) is 10.2 Å². The Morgan fingerprint density at radius 1 is 1.11 bits per heavy atom. The van der Waals surface area contributed by atoms with Crippen LogP contribution in [-0.2, 0) is 11.2 Å². The molecule has 0 saturated carbocycles. The number of rotatable bonds is 8. The molecule has 28 heavy (non-hydrogen) atoms. The lowest BCUT2D eigenvalue weighted by molar-refractivity contribution is -0.118. The van der Waals surface area contributed by atoms with Gasteiger partial charge < -0.3 is 9.73 Å². The van der Waals surface area contributed by atoms with E-state index in [0.717, 1.165) is 6.42 Å². The number of carbonyl (C=O) groups excluding carboxylic acids is 1. The zero-order valence-corrected chi connectivity index (χ0v) is 16.6. The number of aromatic nitrogens is 2. The van der Waals surface area contributed by atoms with Crippen LogP contribution < -0.4 is 5.32 Å². The molecule has 0 atom stereocenters. The predicted octanol–water partition coefficient (Wildman–Crippen LogP) is 4.45.